The summed E-state index contributed by atoms with van der Waals surface area (Å²) >= 11 is 0. The molecule has 8 nitrogen and oxygen atoms in total. The second kappa shape index (κ2) is 5.66. The van der Waals surface area contributed by atoms with E-state index in [4.69, 9.17) is 9.15 Å². The molecule has 3 rings (SSSR count). The first-order valence-corrected chi connectivity index (χ1v) is 6.91. The molecular formula is C12H19N5O3. The molecule has 8 heteroatoms. The molecule has 0 radical (unpaired) electrons. The maximum absolute atomic E-state index is 12.3. The van der Waals surface area contributed by atoms with Gasteiger partial charge in [-0.2, -0.15) is 0 Å². The topological polar surface area (TPSA) is 74.9 Å². The van der Waals surface area contributed by atoms with Crippen LogP contribution in [0.4, 0.5) is 10.8 Å². The summed E-state index contributed by atoms with van der Waals surface area (Å²) in [7, 11) is 0. The minimum atomic E-state index is 0.106. The van der Waals surface area contributed by atoms with Crippen LogP contribution in [0.25, 0.3) is 0 Å². The van der Waals surface area contributed by atoms with Crippen LogP contribution in [0.3, 0.4) is 0 Å². The third-order valence-corrected chi connectivity index (χ3v) is 3.62. The van der Waals surface area contributed by atoms with Crippen molar-refractivity contribution >= 4 is 12.0 Å². The zero-order valence-corrected chi connectivity index (χ0v) is 11.6. The number of aromatic nitrogens is 2. The summed E-state index contributed by atoms with van der Waals surface area (Å²) in [4.78, 5) is 18.1. The minimum absolute atomic E-state index is 0.106. The number of aryl methyl sites for hydroxylation is 1. The fourth-order valence-corrected chi connectivity index (χ4v) is 2.46. The second-order valence-electron chi connectivity index (χ2n) is 4.96. The van der Waals surface area contributed by atoms with Crippen LogP contribution in [0, 0.1) is 6.92 Å². The number of amides is 2. The molecule has 110 valence electrons. The van der Waals surface area contributed by atoms with Gasteiger partial charge in [0.15, 0.2) is 0 Å². The number of ether oxygens (including phenoxy) is 1. The Morgan fingerprint density at radius 2 is 1.65 bits per heavy atom. The van der Waals surface area contributed by atoms with Crippen molar-refractivity contribution in [3.63, 3.8) is 0 Å². The number of rotatable bonds is 1. The van der Waals surface area contributed by atoms with Gasteiger partial charge >= 0.3 is 12.0 Å². The first kappa shape index (κ1) is 13.2. The number of morpholine rings is 1. The Balaban J connectivity index is 1.54. The van der Waals surface area contributed by atoms with Crippen LogP contribution in [0.1, 0.15) is 5.89 Å². The van der Waals surface area contributed by atoms with Gasteiger partial charge in [0.25, 0.3) is 0 Å². The number of nitrogens with zero attached hydrogens (tertiary/aromatic N) is 5. The highest BCUT2D eigenvalue weighted by Gasteiger charge is 2.27. The summed E-state index contributed by atoms with van der Waals surface area (Å²) in [5, 5.41) is 7.84. The van der Waals surface area contributed by atoms with Gasteiger partial charge in [0.2, 0.25) is 5.89 Å². The van der Waals surface area contributed by atoms with Gasteiger partial charge in [0.05, 0.1) is 13.2 Å². The maximum Gasteiger partial charge on any atom is 0.320 e. The van der Waals surface area contributed by atoms with E-state index in [-0.39, 0.29) is 6.03 Å². The average Bonchev–Trinajstić information content (AvgIpc) is 2.94. The fraction of sp³-hybridized carbons (Fsp3) is 0.750. The Bertz CT molecular complexity index is 463. The summed E-state index contributed by atoms with van der Waals surface area (Å²) in [5.74, 6) is 0.562. The van der Waals surface area contributed by atoms with Crippen molar-refractivity contribution < 1.29 is 13.9 Å². The van der Waals surface area contributed by atoms with E-state index in [0.29, 0.717) is 51.3 Å². The highest BCUT2D eigenvalue weighted by molar-refractivity contribution is 5.74. The van der Waals surface area contributed by atoms with Crippen molar-refractivity contribution in [3.05, 3.63) is 5.89 Å². The zero-order chi connectivity index (χ0) is 13.9. The molecule has 1 aromatic rings. The van der Waals surface area contributed by atoms with Gasteiger partial charge in [0, 0.05) is 46.2 Å². The number of carbonyl (C=O) groups excluding carboxylic acids is 1. The molecule has 2 amide bonds. The molecular weight excluding hydrogens is 262 g/mol. The first-order chi connectivity index (χ1) is 9.74. The quantitative estimate of drug-likeness (QED) is 0.718. The van der Waals surface area contributed by atoms with Crippen LogP contribution in [0.2, 0.25) is 0 Å². The van der Waals surface area contributed by atoms with Crippen LogP contribution >= 0.6 is 0 Å². The lowest BCUT2D eigenvalue weighted by Gasteiger charge is -2.37. The lowest BCUT2D eigenvalue weighted by Crippen LogP contribution is -2.54. The second-order valence-corrected chi connectivity index (χ2v) is 4.96. The minimum Gasteiger partial charge on any atom is -0.408 e. The van der Waals surface area contributed by atoms with Gasteiger partial charge in [-0.3, -0.25) is 0 Å². The van der Waals surface area contributed by atoms with Crippen LogP contribution < -0.4 is 4.90 Å². The van der Waals surface area contributed by atoms with Crippen LogP contribution in [-0.4, -0.2) is 78.5 Å². The molecule has 0 atom stereocenters. The van der Waals surface area contributed by atoms with Crippen molar-refractivity contribution in [2.45, 2.75) is 6.92 Å². The molecule has 2 aliphatic heterocycles. The van der Waals surface area contributed by atoms with E-state index in [1.807, 2.05) is 14.7 Å². The SMILES string of the molecule is Cc1nnc(N2CCN(C(=O)N3CCOCC3)CC2)o1. The maximum atomic E-state index is 12.3. The van der Waals surface area contributed by atoms with Crippen molar-refractivity contribution in [2.75, 3.05) is 57.4 Å². The van der Waals surface area contributed by atoms with Gasteiger partial charge < -0.3 is 23.9 Å². The Labute approximate surface area is 117 Å². The van der Waals surface area contributed by atoms with Crippen molar-refractivity contribution in [1.29, 1.82) is 0 Å². The predicted molar refractivity (Wildman–Crippen MR) is 70.6 cm³/mol. The van der Waals surface area contributed by atoms with E-state index < -0.39 is 0 Å². The molecule has 2 saturated heterocycles. The zero-order valence-electron chi connectivity index (χ0n) is 11.6. The third kappa shape index (κ3) is 2.69. The number of piperazine rings is 1. The molecule has 0 spiro atoms. The van der Waals surface area contributed by atoms with E-state index >= 15 is 0 Å². The number of anilines is 1. The summed E-state index contributed by atoms with van der Waals surface area (Å²) < 4.78 is 10.7. The Morgan fingerprint density at radius 3 is 2.25 bits per heavy atom. The lowest BCUT2D eigenvalue weighted by molar-refractivity contribution is 0.0428. The van der Waals surface area contributed by atoms with Crippen LogP contribution in [0.15, 0.2) is 4.42 Å². The first-order valence-electron chi connectivity index (χ1n) is 6.91. The normalized spacial score (nSPS) is 20.4. The molecule has 20 heavy (non-hydrogen) atoms. The molecule has 0 saturated carbocycles. The predicted octanol–water partition coefficient (Wildman–Crippen LogP) is -0.0478. The van der Waals surface area contributed by atoms with Gasteiger partial charge in [-0.25, -0.2) is 4.79 Å². The fourth-order valence-electron chi connectivity index (χ4n) is 2.46. The van der Waals surface area contributed by atoms with Crippen LogP contribution in [0.5, 0.6) is 0 Å². The van der Waals surface area contributed by atoms with Gasteiger partial charge in [-0.15, -0.1) is 5.10 Å². The van der Waals surface area contributed by atoms with E-state index in [1.165, 1.54) is 0 Å². The lowest BCUT2D eigenvalue weighted by atomic mass is 10.3. The molecule has 3 heterocycles. The van der Waals surface area contributed by atoms with E-state index in [0.717, 1.165) is 13.1 Å². The molecule has 0 aliphatic carbocycles. The Hall–Kier alpha value is -1.83. The third-order valence-electron chi connectivity index (χ3n) is 3.62. The molecule has 0 bridgehead atoms. The molecule has 0 unspecified atom stereocenters. The highest BCUT2D eigenvalue weighted by atomic mass is 16.5. The standard InChI is InChI=1S/C12H19N5O3/c1-10-13-14-11(20-10)15-2-4-16(5-3-15)12(18)17-6-8-19-9-7-17/h2-9H2,1H3. The number of carbonyl (C=O) groups is 1. The summed E-state index contributed by atoms with van der Waals surface area (Å²) in [6, 6.07) is 0.649. The number of urea groups is 1. The molecule has 0 aromatic carbocycles. The average molecular weight is 281 g/mol. The summed E-state index contributed by atoms with van der Waals surface area (Å²) in [6.45, 7) is 7.20. The molecule has 2 aliphatic rings. The smallest absolute Gasteiger partial charge is 0.320 e. The Morgan fingerprint density at radius 1 is 1.00 bits per heavy atom. The van der Waals surface area contributed by atoms with Crippen LogP contribution in [-0.2, 0) is 4.74 Å². The molecule has 0 N–H and O–H groups in total. The van der Waals surface area contributed by atoms with Crippen molar-refractivity contribution in [2.24, 2.45) is 0 Å². The highest BCUT2D eigenvalue weighted by Crippen LogP contribution is 2.15. The van der Waals surface area contributed by atoms with E-state index in [1.54, 1.807) is 6.92 Å². The van der Waals surface area contributed by atoms with E-state index in [2.05, 4.69) is 10.2 Å². The van der Waals surface area contributed by atoms with Crippen molar-refractivity contribution in [1.82, 2.24) is 20.0 Å². The Kier molecular flexibility index (Phi) is 3.72. The van der Waals surface area contributed by atoms with Crippen molar-refractivity contribution in [3.8, 4) is 0 Å². The monoisotopic (exact) mass is 281 g/mol. The molecule has 2 fully saturated rings. The van der Waals surface area contributed by atoms with Gasteiger partial charge in [-0.1, -0.05) is 5.10 Å². The largest absolute Gasteiger partial charge is 0.408 e. The summed E-state index contributed by atoms with van der Waals surface area (Å²) in [6.07, 6.45) is 0. The molecule has 1 aromatic heterocycles. The van der Waals surface area contributed by atoms with E-state index in [9.17, 15) is 4.79 Å². The van der Waals surface area contributed by atoms with Gasteiger partial charge in [0.1, 0.15) is 0 Å². The van der Waals surface area contributed by atoms with Gasteiger partial charge in [-0.05, 0) is 0 Å². The summed E-state index contributed by atoms with van der Waals surface area (Å²) in [5.41, 5.74) is 0. The number of hydrogen-bond donors (Lipinski definition) is 0. The number of hydrogen-bond acceptors (Lipinski definition) is 6.